The smallest absolute Gasteiger partial charge is 0.0372 e. The average molecular weight is 247 g/mol. The number of rotatable bonds is 5. The molecule has 0 aromatic heterocycles. The summed E-state index contributed by atoms with van der Waals surface area (Å²) in [5, 5.41) is 3.46. The summed E-state index contributed by atoms with van der Waals surface area (Å²) in [5.41, 5.74) is 4.25. The minimum absolute atomic E-state index is 1.04. The second-order valence-corrected chi connectivity index (χ2v) is 5.56. The molecule has 0 saturated heterocycles. The Morgan fingerprint density at radius 3 is 2.78 bits per heavy atom. The fourth-order valence-electron chi connectivity index (χ4n) is 2.39. The van der Waals surface area contributed by atoms with E-state index in [0.717, 1.165) is 26.2 Å². The zero-order valence-corrected chi connectivity index (χ0v) is 11.9. The molecule has 100 valence electrons. The Morgan fingerprint density at radius 1 is 1.17 bits per heavy atom. The van der Waals surface area contributed by atoms with Crippen LogP contribution in [0.4, 0.5) is 5.69 Å². The third kappa shape index (κ3) is 3.72. The van der Waals surface area contributed by atoms with Gasteiger partial charge in [-0.05, 0) is 51.2 Å². The van der Waals surface area contributed by atoms with E-state index in [-0.39, 0.29) is 0 Å². The van der Waals surface area contributed by atoms with Crippen LogP contribution in [0.25, 0.3) is 0 Å². The van der Waals surface area contributed by atoms with Crippen LogP contribution in [0.1, 0.15) is 17.5 Å². The number of likely N-dealkylation sites (N-methyl/N-ethyl adjacent to an activating group) is 2. The van der Waals surface area contributed by atoms with Gasteiger partial charge in [0.2, 0.25) is 0 Å². The van der Waals surface area contributed by atoms with E-state index in [1.165, 1.54) is 29.7 Å². The van der Waals surface area contributed by atoms with E-state index in [9.17, 15) is 0 Å². The van der Waals surface area contributed by atoms with Gasteiger partial charge in [-0.25, -0.2) is 0 Å². The second kappa shape index (κ2) is 6.21. The highest BCUT2D eigenvalue weighted by molar-refractivity contribution is 5.54. The molecule has 1 aromatic rings. The Balaban J connectivity index is 1.93. The molecule has 2 rings (SSSR count). The zero-order chi connectivity index (χ0) is 13.0. The molecule has 1 aromatic carbocycles. The Morgan fingerprint density at radius 2 is 2.00 bits per heavy atom. The van der Waals surface area contributed by atoms with Gasteiger partial charge in [0, 0.05) is 31.9 Å². The van der Waals surface area contributed by atoms with Gasteiger partial charge in [-0.3, -0.25) is 0 Å². The lowest BCUT2D eigenvalue weighted by molar-refractivity contribution is 0.276. The van der Waals surface area contributed by atoms with Crippen LogP contribution in [-0.4, -0.2) is 50.6 Å². The molecule has 0 atom stereocenters. The Labute approximate surface area is 111 Å². The van der Waals surface area contributed by atoms with Crippen molar-refractivity contribution >= 4 is 5.69 Å². The molecule has 0 radical (unpaired) electrons. The number of fused-ring (bicyclic) bond motifs is 1. The first-order valence-corrected chi connectivity index (χ1v) is 6.84. The molecule has 3 heteroatoms. The van der Waals surface area contributed by atoms with Crippen LogP contribution >= 0.6 is 0 Å². The third-order valence-electron chi connectivity index (χ3n) is 3.49. The number of benzene rings is 1. The van der Waals surface area contributed by atoms with Crippen molar-refractivity contribution in [3.05, 3.63) is 29.3 Å². The van der Waals surface area contributed by atoms with Crippen LogP contribution in [0.15, 0.2) is 18.2 Å². The summed E-state index contributed by atoms with van der Waals surface area (Å²) in [6.45, 7) is 4.39. The van der Waals surface area contributed by atoms with Gasteiger partial charge in [0.1, 0.15) is 0 Å². The molecule has 0 aliphatic carbocycles. The minimum Gasteiger partial charge on any atom is -0.385 e. The maximum absolute atomic E-state index is 3.46. The second-order valence-electron chi connectivity index (χ2n) is 5.56. The Kier molecular flexibility index (Phi) is 4.61. The van der Waals surface area contributed by atoms with Gasteiger partial charge in [-0.1, -0.05) is 12.1 Å². The van der Waals surface area contributed by atoms with Crippen molar-refractivity contribution < 1.29 is 0 Å². The maximum Gasteiger partial charge on any atom is 0.0372 e. The summed E-state index contributed by atoms with van der Waals surface area (Å²) in [6, 6.07) is 6.86. The summed E-state index contributed by atoms with van der Waals surface area (Å²) in [6.07, 6.45) is 2.48. The molecule has 18 heavy (non-hydrogen) atoms. The first-order valence-electron chi connectivity index (χ1n) is 6.84. The number of hydrogen-bond donors (Lipinski definition) is 1. The molecule has 0 amide bonds. The van der Waals surface area contributed by atoms with Crippen LogP contribution in [0.2, 0.25) is 0 Å². The van der Waals surface area contributed by atoms with Gasteiger partial charge in [0.25, 0.3) is 0 Å². The highest BCUT2D eigenvalue weighted by Crippen LogP contribution is 2.23. The van der Waals surface area contributed by atoms with Crippen molar-refractivity contribution in [1.29, 1.82) is 0 Å². The number of nitrogens with zero attached hydrogens (tertiary/aromatic N) is 2. The summed E-state index contributed by atoms with van der Waals surface area (Å²) in [7, 11) is 6.44. The molecule has 0 spiro atoms. The zero-order valence-electron chi connectivity index (χ0n) is 11.9. The number of anilines is 1. The van der Waals surface area contributed by atoms with Crippen LogP contribution in [-0.2, 0) is 13.0 Å². The lowest BCUT2D eigenvalue weighted by Gasteiger charge is -2.22. The molecule has 1 aliphatic rings. The molecule has 0 unspecified atom stereocenters. The molecule has 0 fully saturated rings. The highest BCUT2D eigenvalue weighted by atomic mass is 15.1. The van der Waals surface area contributed by atoms with Crippen molar-refractivity contribution in [1.82, 2.24) is 9.80 Å². The molecular formula is C15H25N3. The van der Waals surface area contributed by atoms with Crippen LogP contribution in [0, 0.1) is 0 Å². The number of hydrogen-bond acceptors (Lipinski definition) is 3. The van der Waals surface area contributed by atoms with Gasteiger partial charge in [-0.15, -0.1) is 0 Å². The van der Waals surface area contributed by atoms with E-state index in [0.29, 0.717) is 0 Å². The molecule has 1 aliphatic heterocycles. The minimum atomic E-state index is 1.04. The topological polar surface area (TPSA) is 18.5 Å². The lowest BCUT2D eigenvalue weighted by atomic mass is 10.0. The number of nitrogens with one attached hydrogen (secondary N) is 1. The summed E-state index contributed by atoms with van der Waals surface area (Å²) in [5.74, 6) is 0. The highest BCUT2D eigenvalue weighted by Gasteiger charge is 2.09. The summed E-state index contributed by atoms with van der Waals surface area (Å²) in [4.78, 5) is 4.62. The first-order chi connectivity index (χ1) is 8.65. The van der Waals surface area contributed by atoms with Gasteiger partial charge in [0.15, 0.2) is 0 Å². The van der Waals surface area contributed by atoms with Crippen molar-refractivity contribution in [2.75, 3.05) is 46.1 Å². The van der Waals surface area contributed by atoms with Gasteiger partial charge < -0.3 is 15.1 Å². The number of aryl methyl sites for hydroxylation is 1. The maximum atomic E-state index is 3.46. The van der Waals surface area contributed by atoms with Crippen LogP contribution < -0.4 is 5.32 Å². The van der Waals surface area contributed by atoms with Crippen LogP contribution in [0.5, 0.6) is 0 Å². The van der Waals surface area contributed by atoms with Crippen molar-refractivity contribution in [3.63, 3.8) is 0 Å². The van der Waals surface area contributed by atoms with E-state index < -0.39 is 0 Å². The quantitative estimate of drug-likeness (QED) is 0.859. The normalized spacial score (nSPS) is 14.7. The van der Waals surface area contributed by atoms with Crippen molar-refractivity contribution in [2.45, 2.75) is 19.4 Å². The molecule has 0 bridgehead atoms. The third-order valence-corrected chi connectivity index (χ3v) is 3.49. The first kappa shape index (κ1) is 13.4. The monoisotopic (exact) mass is 247 g/mol. The summed E-state index contributed by atoms with van der Waals surface area (Å²) >= 11 is 0. The standard InChI is InChI=1S/C15H25N3/c1-17(2)9-10-18(3)12-13-6-7-15-14(11-13)5-4-8-16-15/h6-7,11,16H,4-5,8-10,12H2,1-3H3. The van der Waals surface area contributed by atoms with Crippen molar-refractivity contribution in [2.24, 2.45) is 0 Å². The predicted octanol–water partition coefficient (Wildman–Crippen LogP) is 2.04. The van der Waals surface area contributed by atoms with E-state index in [1.54, 1.807) is 0 Å². The van der Waals surface area contributed by atoms with E-state index in [1.807, 2.05) is 0 Å². The van der Waals surface area contributed by atoms with Crippen molar-refractivity contribution in [3.8, 4) is 0 Å². The van der Waals surface area contributed by atoms with E-state index >= 15 is 0 Å². The Hall–Kier alpha value is -1.06. The van der Waals surface area contributed by atoms with E-state index in [2.05, 4.69) is 54.5 Å². The summed E-state index contributed by atoms with van der Waals surface area (Å²) < 4.78 is 0. The average Bonchev–Trinajstić information content (AvgIpc) is 2.36. The fourth-order valence-corrected chi connectivity index (χ4v) is 2.39. The molecule has 1 heterocycles. The molecular weight excluding hydrogens is 222 g/mol. The molecule has 1 N–H and O–H groups in total. The predicted molar refractivity (Wildman–Crippen MR) is 78.1 cm³/mol. The van der Waals surface area contributed by atoms with Gasteiger partial charge in [-0.2, -0.15) is 0 Å². The molecule has 0 saturated carbocycles. The van der Waals surface area contributed by atoms with Gasteiger partial charge >= 0.3 is 0 Å². The largest absolute Gasteiger partial charge is 0.385 e. The SMILES string of the molecule is CN(C)CCN(C)Cc1ccc2c(c1)CCCN2. The lowest BCUT2D eigenvalue weighted by Crippen LogP contribution is -2.28. The van der Waals surface area contributed by atoms with Gasteiger partial charge in [0.05, 0.1) is 0 Å². The Bertz CT molecular complexity index is 387. The van der Waals surface area contributed by atoms with Crippen LogP contribution in [0.3, 0.4) is 0 Å². The molecule has 3 nitrogen and oxygen atoms in total. The van der Waals surface area contributed by atoms with E-state index in [4.69, 9.17) is 0 Å². The fraction of sp³-hybridized carbons (Fsp3) is 0.600.